The van der Waals surface area contributed by atoms with Crippen molar-refractivity contribution in [2.75, 3.05) is 21.9 Å². The second-order valence-corrected chi connectivity index (χ2v) is 9.48. The molecule has 4 rings (SSSR count). The van der Waals surface area contributed by atoms with Crippen LogP contribution in [0.1, 0.15) is 22.3 Å². The number of nitriles is 1. The quantitative estimate of drug-likeness (QED) is 0.624. The molecule has 31 heavy (non-hydrogen) atoms. The average molecular weight is 452 g/mol. The van der Waals surface area contributed by atoms with Gasteiger partial charge >= 0.3 is 0 Å². The van der Waals surface area contributed by atoms with Gasteiger partial charge in [-0.1, -0.05) is 48.0 Å². The summed E-state index contributed by atoms with van der Waals surface area (Å²) in [7, 11) is -3.35. The molecule has 3 aromatic rings. The van der Waals surface area contributed by atoms with Gasteiger partial charge in [-0.25, -0.2) is 8.42 Å². The Morgan fingerprint density at radius 1 is 1.03 bits per heavy atom. The van der Waals surface area contributed by atoms with Crippen molar-refractivity contribution in [3.8, 4) is 17.2 Å². The predicted molar refractivity (Wildman–Crippen MR) is 122 cm³/mol. The number of amides is 1. The first-order valence-electron chi connectivity index (χ1n) is 9.60. The minimum absolute atomic E-state index is 0.100. The van der Waals surface area contributed by atoms with Gasteiger partial charge < -0.3 is 5.32 Å². The Morgan fingerprint density at radius 2 is 1.74 bits per heavy atom. The van der Waals surface area contributed by atoms with E-state index in [4.69, 9.17) is 11.6 Å². The van der Waals surface area contributed by atoms with Crippen molar-refractivity contribution < 1.29 is 13.2 Å². The van der Waals surface area contributed by atoms with Gasteiger partial charge in [0.15, 0.2) is 0 Å². The van der Waals surface area contributed by atoms with E-state index in [-0.39, 0.29) is 5.75 Å². The van der Waals surface area contributed by atoms with Crippen molar-refractivity contribution in [1.29, 1.82) is 5.26 Å². The highest BCUT2D eigenvalue weighted by Crippen LogP contribution is 2.33. The first-order chi connectivity index (χ1) is 14.9. The molecule has 0 unspecified atom stereocenters. The third-order valence-electron chi connectivity index (χ3n) is 5.09. The molecule has 6 nitrogen and oxygen atoms in total. The summed E-state index contributed by atoms with van der Waals surface area (Å²) in [5.74, 6) is -0.310. The molecule has 1 amide bonds. The van der Waals surface area contributed by atoms with E-state index < -0.39 is 15.9 Å². The smallest absolute Gasteiger partial charge is 0.256 e. The summed E-state index contributed by atoms with van der Waals surface area (Å²) in [4.78, 5) is 13.1. The number of benzene rings is 3. The Hall–Kier alpha value is -3.34. The van der Waals surface area contributed by atoms with Gasteiger partial charge in [-0.05, 0) is 42.3 Å². The fourth-order valence-corrected chi connectivity index (χ4v) is 5.34. The number of anilines is 2. The van der Waals surface area contributed by atoms with Crippen molar-refractivity contribution in [3.63, 3.8) is 0 Å². The van der Waals surface area contributed by atoms with E-state index in [1.54, 1.807) is 60.7 Å². The largest absolute Gasteiger partial charge is 0.321 e. The van der Waals surface area contributed by atoms with Crippen molar-refractivity contribution in [2.24, 2.45) is 0 Å². The van der Waals surface area contributed by atoms with Crippen LogP contribution in [0.2, 0.25) is 5.02 Å². The summed E-state index contributed by atoms with van der Waals surface area (Å²) < 4.78 is 25.8. The second-order valence-electron chi connectivity index (χ2n) is 7.06. The molecule has 0 aromatic heterocycles. The maximum Gasteiger partial charge on any atom is 0.256 e. The SMILES string of the molecule is N#Cc1ccccc1-c1ccccc1C(=O)Nc1cc(N2CCCS2(=O)=O)ccc1Cl. The summed E-state index contributed by atoms with van der Waals surface area (Å²) >= 11 is 6.28. The summed E-state index contributed by atoms with van der Waals surface area (Å²) in [6.45, 7) is 0.394. The number of nitrogens with zero attached hydrogens (tertiary/aromatic N) is 2. The molecule has 1 fully saturated rings. The Kier molecular flexibility index (Phi) is 5.68. The van der Waals surface area contributed by atoms with Crippen molar-refractivity contribution in [1.82, 2.24) is 0 Å². The third kappa shape index (κ3) is 4.13. The summed E-state index contributed by atoms with van der Waals surface area (Å²) in [5.41, 5.74) is 2.88. The van der Waals surface area contributed by atoms with Crippen molar-refractivity contribution in [2.45, 2.75) is 6.42 Å². The Morgan fingerprint density at radius 3 is 2.45 bits per heavy atom. The molecule has 0 saturated carbocycles. The Balaban J connectivity index is 1.69. The van der Waals surface area contributed by atoms with Crippen LogP contribution in [0.4, 0.5) is 11.4 Å². The van der Waals surface area contributed by atoms with Gasteiger partial charge in [-0.15, -0.1) is 0 Å². The lowest BCUT2D eigenvalue weighted by Gasteiger charge is -2.19. The number of sulfonamides is 1. The van der Waals surface area contributed by atoms with E-state index in [2.05, 4.69) is 11.4 Å². The number of halogens is 1. The topological polar surface area (TPSA) is 90.3 Å². The van der Waals surface area contributed by atoms with E-state index >= 15 is 0 Å². The molecule has 1 heterocycles. The lowest BCUT2D eigenvalue weighted by atomic mass is 9.95. The second kappa shape index (κ2) is 8.42. The molecular formula is C23H18ClN3O3S. The van der Waals surface area contributed by atoms with Crippen molar-refractivity contribution >= 4 is 38.9 Å². The molecule has 1 aliphatic heterocycles. The lowest BCUT2D eigenvalue weighted by molar-refractivity contribution is 0.102. The standard InChI is InChI=1S/C23H18ClN3O3S/c24-21-11-10-17(27-12-5-13-31(27,29)30)14-22(21)26-23(28)20-9-4-3-8-19(20)18-7-2-1-6-16(18)15-25/h1-4,6-11,14H,5,12-13H2,(H,26,28). The lowest BCUT2D eigenvalue weighted by Crippen LogP contribution is -2.25. The van der Waals surface area contributed by atoms with Crippen molar-refractivity contribution in [3.05, 3.63) is 82.9 Å². The molecule has 1 N–H and O–H groups in total. The number of carbonyl (C=O) groups is 1. The summed E-state index contributed by atoms with van der Waals surface area (Å²) in [6, 6.07) is 20.9. The number of hydrogen-bond acceptors (Lipinski definition) is 4. The van der Waals surface area contributed by atoms with Gasteiger partial charge in [0, 0.05) is 17.7 Å². The minimum atomic E-state index is -3.35. The maximum absolute atomic E-state index is 13.1. The zero-order valence-corrected chi connectivity index (χ0v) is 17.9. The van der Waals surface area contributed by atoms with Gasteiger partial charge in [0.1, 0.15) is 0 Å². The average Bonchev–Trinajstić information content (AvgIpc) is 3.14. The van der Waals surface area contributed by atoms with Gasteiger partial charge in [0.25, 0.3) is 5.91 Å². The fourth-order valence-electron chi connectivity index (χ4n) is 3.61. The molecule has 0 atom stereocenters. The van der Waals surface area contributed by atoms with Crippen LogP contribution in [0.15, 0.2) is 66.7 Å². The van der Waals surface area contributed by atoms with Gasteiger partial charge in [-0.2, -0.15) is 5.26 Å². The van der Waals surface area contributed by atoms with Gasteiger partial charge in [0.2, 0.25) is 10.0 Å². The fraction of sp³-hybridized carbons (Fsp3) is 0.130. The minimum Gasteiger partial charge on any atom is -0.321 e. The Bertz CT molecular complexity index is 1320. The molecule has 156 valence electrons. The van der Waals surface area contributed by atoms with E-state index in [1.165, 1.54) is 4.31 Å². The normalized spacial score (nSPS) is 14.8. The van der Waals surface area contributed by atoms with E-state index in [1.807, 2.05) is 6.07 Å². The highest BCUT2D eigenvalue weighted by Gasteiger charge is 2.29. The monoisotopic (exact) mass is 451 g/mol. The summed E-state index contributed by atoms with van der Waals surface area (Å²) in [5, 5.41) is 12.5. The highest BCUT2D eigenvalue weighted by molar-refractivity contribution is 7.93. The maximum atomic E-state index is 13.1. The molecule has 0 spiro atoms. The molecule has 3 aromatic carbocycles. The highest BCUT2D eigenvalue weighted by atomic mass is 35.5. The van der Waals surface area contributed by atoms with Crippen LogP contribution in [0, 0.1) is 11.3 Å². The number of rotatable bonds is 4. The third-order valence-corrected chi connectivity index (χ3v) is 7.29. The number of hydrogen-bond donors (Lipinski definition) is 1. The van der Waals surface area contributed by atoms with Crippen LogP contribution in [0.5, 0.6) is 0 Å². The number of nitrogens with one attached hydrogen (secondary N) is 1. The molecule has 8 heteroatoms. The van der Waals surface area contributed by atoms with Crippen LogP contribution < -0.4 is 9.62 Å². The zero-order chi connectivity index (χ0) is 22.0. The predicted octanol–water partition coefficient (Wildman–Crippen LogP) is 4.67. The number of carbonyl (C=O) groups excluding carboxylic acids is 1. The summed E-state index contributed by atoms with van der Waals surface area (Å²) in [6.07, 6.45) is 0.554. The van der Waals surface area contributed by atoms with Crippen LogP contribution in [-0.4, -0.2) is 26.6 Å². The zero-order valence-electron chi connectivity index (χ0n) is 16.4. The first-order valence-corrected chi connectivity index (χ1v) is 11.6. The molecule has 0 aliphatic carbocycles. The Labute approximate surface area is 185 Å². The molecule has 0 radical (unpaired) electrons. The van der Waals surface area contributed by atoms with E-state index in [0.29, 0.717) is 51.6 Å². The molecular weight excluding hydrogens is 434 g/mol. The van der Waals surface area contributed by atoms with Crippen LogP contribution in [0.25, 0.3) is 11.1 Å². The van der Waals surface area contributed by atoms with Crippen LogP contribution in [0.3, 0.4) is 0 Å². The van der Waals surface area contributed by atoms with Crippen LogP contribution in [-0.2, 0) is 10.0 Å². The molecule has 1 saturated heterocycles. The van der Waals surface area contributed by atoms with E-state index in [9.17, 15) is 18.5 Å². The van der Waals surface area contributed by atoms with Crippen LogP contribution >= 0.6 is 11.6 Å². The molecule has 0 bridgehead atoms. The first kappa shape index (κ1) is 20.9. The van der Waals surface area contributed by atoms with Gasteiger partial charge in [0.05, 0.1) is 33.8 Å². The van der Waals surface area contributed by atoms with Gasteiger partial charge in [-0.3, -0.25) is 9.10 Å². The molecule has 1 aliphatic rings. The van der Waals surface area contributed by atoms with E-state index in [0.717, 1.165) is 0 Å².